The molecule has 1 aliphatic rings. The lowest BCUT2D eigenvalue weighted by molar-refractivity contribution is -0.131. The van der Waals surface area contributed by atoms with Gasteiger partial charge >= 0.3 is 5.97 Å². The average Bonchev–Trinajstić information content (AvgIpc) is 2.46. The number of benzene rings is 1. The maximum Gasteiger partial charge on any atom is 0.308 e. The molecule has 0 amide bonds. The third-order valence-electron chi connectivity index (χ3n) is 3.96. The number of rotatable bonds is 2. The highest BCUT2D eigenvalue weighted by Gasteiger charge is 2.17. The molecule has 3 nitrogen and oxygen atoms in total. The fourth-order valence-electron chi connectivity index (χ4n) is 2.78. The predicted molar refractivity (Wildman–Crippen MR) is 88.5 cm³/mol. The minimum atomic E-state index is -0.294. The van der Waals surface area contributed by atoms with Crippen molar-refractivity contribution in [1.29, 1.82) is 0 Å². The number of carbonyl (C=O) groups excluding carboxylic acids is 1. The van der Waals surface area contributed by atoms with Gasteiger partial charge in [-0.1, -0.05) is 23.3 Å². The molecule has 0 radical (unpaired) electrons. The monoisotopic (exact) mass is 300 g/mol. The number of esters is 1. The first-order chi connectivity index (χ1) is 10.5. The van der Waals surface area contributed by atoms with Gasteiger partial charge in [-0.05, 0) is 51.7 Å². The van der Waals surface area contributed by atoms with Crippen molar-refractivity contribution in [2.75, 3.05) is 7.11 Å². The van der Waals surface area contributed by atoms with Gasteiger partial charge in [0.15, 0.2) is 0 Å². The second-order valence-electron chi connectivity index (χ2n) is 5.84. The Bertz CT molecular complexity index is 624. The van der Waals surface area contributed by atoms with Crippen LogP contribution in [-0.2, 0) is 17.6 Å². The van der Waals surface area contributed by atoms with Crippen molar-refractivity contribution in [3.63, 3.8) is 0 Å². The third kappa shape index (κ3) is 4.00. The van der Waals surface area contributed by atoms with Gasteiger partial charge in [0.05, 0.1) is 7.11 Å². The van der Waals surface area contributed by atoms with Crippen molar-refractivity contribution >= 4 is 5.97 Å². The van der Waals surface area contributed by atoms with E-state index in [2.05, 4.69) is 26.0 Å². The van der Waals surface area contributed by atoms with E-state index < -0.39 is 0 Å². The predicted octanol–water partition coefficient (Wildman–Crippen LogP) is 4.39. The second-order valence-corrected chi connectivity index (χ2v) is 5.84. The number of carbonyl (C=O) groups is 1. The van der Waals surface area contributed by atoms with E-state index >= 15 is 0 Å². The number of methoxy groups -OCH3 is 1. The molecular formula is C19H24O3. The summed E-state index contributed by atoms with van der Waals surface area (Å²) < 4.78 is 10.9. The van der Waals surface area contributed by atoms with E-state index in [0.717, 1.165) is 42.6 Å². The number of hydrogen-bond acceptors (Lipinski definition) is 3. The van der Waals surface area contributed by atoms with Crippen LogP contribution in [0.2, 0.25) is 0 Å². The topological polar surface area (TPSA) is 35.5 Å². The summed E-state index contributed by atoms with van der Waals surface area (Å²) in [6.45, 7) is 5.72. The average molecular weight is 300 g/mol. The lowest BCUT2D eigenvalue weighted by atomic mass is 9.93. The molecule has 0 bridgehead atoms. The summed E-state index contributed by atoms with van der Waals surface area (Å²) in [5, 5.41) is 0. The van der Waals surface area contributed by atoms with Crippen LogP contribution in [0, 0.1) is 0 Å². The summed E-state index contributed by atoms with van der Waals surface area (Å²) in [5.74, 6) is 1.20. The van der Waals surface area contributed by atoms with E-state index in [0.29, 0.717) is 5.75 Å². The molecule has 2 rings (SSSR count). The van der Waals surface area contributed by atoms with E-state index in [1.807, 2.05) is 12.1 Å². The van der Waals surface area contributed by atoms with E-state index in [-0.39, 0.29) is 5.97 Å². The molecular weight excluding hydrogens is 276 g/mol. The van der Waals surface area contributed by atoms with Gasteiger partial charge in [0.25, 0.3) is 0 Å². The molecule has 118 valence electrons. The minimum absolute atomic E-state index is 0.294. The highest BCUT2D eigenvalue weighted by Crippen LogP contribution is 2.34. The van der Waals surface area contributed by atoms with Crippen molar-refractivity contribution in [2.45, 2.75) is 46.5 Å². The minimum Gasteiger partial charge on any atom is -0.496 e. The quantitative estimate of drug-likeness (QED) is 0.461. The van der Waals surface area contributed by atoms with Gasteiger partial charge in [-0.25, -0.2) is 0 Å². The zero-order valence-corrected chi connectivity index (χ0v) is 13.9. The fourth-order valence-corrected chi connectivity index (χ4v) is 2.78. The van der Waals surface area contributed by atoms with Crippen LogP contribution in [-0.4, -0.2) is 13.1 Å². The first-order valence-electron chi connectivity index (χ1n) is 7.69. The molecule has 0 spiro atoms. The Morgan fingerprint density at radius 3 is 2.45 bits per heavy atom. The lowest BCUT2D eigenvalue weighted by Gasteiger charge is -2.18. The zero-order valence-electron chi connectivity index (χ0n) is 13.9. The summed E-state index contributed by atoms with van der Waals surface area (Å²) in [4.78, 5) is 11.4. The van der Waals surface area contributed by atoms with Gasteiger partial charge in [-0.3, -0.25) is 4.79 Å². The Kier molecular flexibility index (Phi) is 5.42. The lowest BCUT2D eigenvalue weighted by Crippen LogP contribution is -2.08. The summed E-state index contributed by atoms with van der Waals surface area (Å²) >= 11 is 0. The summed E-state index contributed by atoms with van der Waals surface area (Å²) in [6.07, 6.45) is 8.22. The molecule has 0 N–H and O–H groups in total. The molecule has 22 heavy (non-hydrogen) atoms. The van der Waals surface area contributed by atoms with E-state index in [4.69, 9.17) is 9.47 Å². The molecule has 0 heterocycles. The van der Waals surface area contributed by atoms with Crippen LogP contribution in [0.1, 0.15) is 44.7 Å². The Hall–Kier alpha value is -2.03. The maximum absolute atomic E-state index is 11.4. The van der Waals surface area contributed by atoms with Crippen LogP contribution in [0.15, 0.2) is 35.4 Å². The standard InChI is InChI=1S/C19H24O3/c1-13-6-5-7-14(2)12-17-16(9-8-13)18(21-4)10-11-19(17)22-15(3)20/h7-8,10-11H,5-6,9,12H2,1-4H3. The smallest absolute Gasteiger partial charge is 0.308 e. The molecule has 0 saturated carbocycles. The normalized spacial score (nSPS) is 15.3. The molecule has 1 aromatic rings. The van der Waals surface area contributed by atoms with Gasteiger partial charge in [-0.15, -0.1) is 0 Å². The second kappa shape index (κ2) is 7.30. The number of fused-ring (bicyclic) bond motifs is 1. The maximum atomic E-state index is 11.4. The van der Waals surface area contributed by atoms with Crippen LogP contribution in [0.3, 0.4) is 0 Å². The Morgan fingerprint density at radius 1 is 1.05 bits per heavy atom. The number of allylic oxidation sites excluding steroid dienone is 4. The van der Waals surface area contributed by atoms with Gasteiger partial charge in [0, 0.05) is 18.1 Å². The largest absolute Gasteiger partial charge is 0.496 e. The van der Waals surface area contributed by atoms with Gasteiger partial charge < -0.3 is 9.47 Å². The van der Waals surface area contributed by atoms with Crippen LogP contribution in [0.4, 0.5) is 0 Å². The highest BCUT2D eigenvalue weighted by atomic mass is 16.5. The summed E-state index contributed by atoms with van der Waals surface area (Å²) in [5.41, 5.74) is 4.82. The molecule has 1 aliphatic carbocycles. The molecule has 0 aliphatic heterocycles. The molecule has 0 unspecified atom stereocenters. The molecule has 3 heteroatoms. The number of ether oxygens (including phenoxy) is 2. The van der Waals surface area contributed by atoms with Crippen LogP contribution < -0.4 is 9.47 Å². The van der Waals surface area contributed by atoms with Crippen LogP contribution >= 0.6 is 0 Å². The third-order valence-corrected chi connectivity index (χ3v) is 3.96. The van der Waals surface area contributed by atoms with E-state index in [9.17, 15) is 4.79 Å². The SMILES string of the molecule is COc1ccc(OC(C)=O)c2c1CC=C(C)CCC=C(C)C2. The first-order valence-corrected chi connectivity index (χ1v) is 7.69. The molecule has 0 fully saturated rings. The highest BCUT2D eigenvalue weighted by molar-refractivity contribution is 5.70. The van der Waals surface area contributed by atoms with Gasteiger partial charge in [0.2, 0.25) is 0 Å². The van der Waals surface area contributed by atoms with Crippen molar-refractivity contribution in [2.24, 2.45) is 0 Å². The first kappa shape index (κ1) is 16.3. The van der Waals surface area contributed by atoms with Crippen molar-refractivity contribution in [1.82, 2.24) is 0 Å². The molecule has 0 aromatic heterocycles. The molecule has 1 aromatic carbocycles. The summed E-state index contributed by atoms with van der Waals surface area (Å²) in [7, 11) is 1.68. The van der Waals surface area contributed by atoms with Gasteiger partial charge in [-0.2, -0.15) is 0 Å². The van der Waals surface area contributed by atoms with Crippen LogP contribution in [0.25, 0.3) is 0 Å². The van der Waals surface area contributed by atoms with Crippen molar-refractivity contribution < 1.29 is 14.3 Å². The number of hydrogen-bond donors (Lipinski definition) is 0. The van der Waals surface area contributed by atoms with Crippen molar-refractivity contribution in [3.8, 4) is 11.5 Å². The Balaban J connectivity index is 2.57. The van der Waals surface area contributed by atoms with Crippen molar-refractivity contribution in [3.05, 3.63) is 46.6 Å². The Labute approximate surface area is 132 Å². The Morgan fingerprint density at radius 2 is 1.77 bits per heavy atom. The van der Waals surface area contributed by atoms with Crippen LogP contribution in [0.5, 0.6) is 11.5 Å². The molecule has 0 atom stereocenters. The zero-order chi connectivity index (χ0) is 16.1. The summed E-state index contributed by atoms with van der Waals surface area (Å²) in [6, 6.07) is 3.71. The van der Waals surface area contributed by atoms with E-state index in [1.54, 1.807) is 7.11 Å². The fraction of sp³-hybridized carbons (Fsp3) is 0.421. The molecule has 0 saturated heterocycles. The van der Waals surface area contributed by atoms with Gasteiger partial charge in [0.1, 0.15) is 11.5 Å². The van der Waals surface area contributed by atoms with E-state index in [1.165, 1.54) is 18.1 Å².